The first-order valence-corrected chi connectivity index (χ1v) is 14.0. The van der Waals surface area contributed by atoms with E-state index >= 15 is 0 Å². The van der Waals surface area contributed by atoms with Crippen molar-refractivity contribution in [3.63, 3.8) is 0 Å². The second-order valence-corrected chi connectivity index (χ2v) is 11.7. The fourth-order valence-corrected chi connectivity index (χ4v) is 7.07. The number of amides is 1. The van der Waals surface area contributed by atoms with E-state index in [1.807, 2.05) is 0 Å². The molecule has 9 atom stereocenters. The Morgan fingerprint density at radius 3 is 2.88 bits per heavy atom. The minimum atomic E-state index is 0.107. The molecule has 8 unspecified atom stereocenters. The largest absolute Gasteiger partial charge is 0.378 e. The molecule has 2 aliphatic carbocycles. The molecule has 5 fully saturated rings. The number of carbonyl (C=O) groups excluding carboxylic acids is 1. The lowest BCUT2D eigenvalue weighted by Gasteiger charge is -2.43. The third-order valence-corrected chi connectivity index (χ3v) is 9.26. The van der Waals surface area contributed by atoms with Crippen LogP contribution >= 0.6 is 11.6 Å². The fourth-order valence-electron chi connectivity index (χ4n) is 6.77. The van der Waals surface area contributed by atoms with Crippen LogP contribution in [0.2, 0.25) is 0 Å². The quantitative estimate of drug-likeness (QED) is 0.294. The minimum absolute atomic E-state index is 0.107. The fraction of sp³-hybridized carbons (Fsp3) is 0.958. The van der Waals surface area contributed by atoms with Crippen LogP contribution in [0.1, 0.15) is 57.8 Å². The molecular weight excluding hydrogens is 454 g/mol. The van der Waals surface area contributed by atoms with Gasteiger partial charge in [-0.25, -0.2) is 10.9 Å². The van der Waals surface area contributed by atoms with Crippen molar-refractivity contribution >= 4 is 17.5 Å². The van der Waals surface area contributed by atoms with E-state index in [4.69, 9.17) is 16.3 Å². The summed E-state index contributed by atoms with van der Waals surface area (Å²) in [4.78, 5) is 15.6. The molecule has 0 spiro atoms. The number of hydrogen-bond acceptors (Lipinski definition) is 8. The zero-order chi connectivity index (χ0) is 23.5. The number of carbonyl (C=O) groups is 1. The van der Waals surface area contributed by atoms with Crippen LogP contribution in [0, 0.1) is 11.8 Å². The van der Waals surface area contributed by atoms with Gasteiger partial charge in [-0.3, -0.25) is 15.0 Å². The van der Waals surface area contributed by atoms with Gasteiger partial charge in [0, 0.05) is 55.2 Å². The Kier molecular flexibility index (Phi) is 8.64. The molecule has 9 nitrogen and oxygen atoms in total. The Morgan fingerprint density at radius 2 is 2.03 bits per heavy atom. The highest BCUT2D eigenvalue weighted by Crippen LogP contribution is 2.36. The maximum Gasteiger partial charge on any atom is 0.223 e. The van der Waals surface area contributed by atoms with Crippen LogP contribution in [0.5, 0.6) is 0 Å². The van der Waals surface area contributed by atoms with Gasteiger partial charge in [0.15, 0.2) is 0 Å². The first-order chi connectivity index (χ1) is 16.6. The van der Waals surface area contributed by atoms with Gasteiger partial charge in [-0.05, 0) is 65.0 Å². The second kappa shape index (κ2) is 11.7. The van der Waals surface area contributed by atoms with Crippen molar-refractivity contribution in [2.24, 2.45) is 11.8 Å². The number of rotatable bonds is 6. The zero-order valence-corrected chi connectivity index (χ0v) is 21.3. The third-order valence-electron chi connectivity index (χ3n) is 8.86. The van der Waals surface area contributed by atoms with E-state index < -0.39 is 0 Å². The van der Waals surface area contributed by atoms with E-state index in [2.05, 4.69) is 44.1 Å². The predicted molar refractivity (Wildman–Crippen MR) is 133 cm³/mol. The van der Waals surface area contributed by atoms with Gasteiger partial charge in [-0.15, -0.1) is 11.6 Å². The summed E-state index contributed by atoms with van der Waals surface area (Å²) in [5.41, 5.74) is 6.94. The van der Waals surface area contributed by atoms with Gasteiger partial charge in [0.05, 0.1) is 18.4 Å². The predicted octanol–water partition coefficient (Wildman–Crippen LogP) is 0.417. The summed E-state index contributed by atoms with van der Waals surface area (Å²) in [7, 11) is 2.18. The first kappa shape index (κ1) is 25.1. The molecule has 0 radical (unpaired) electrons. The van der Waals surface area contributed by atoms with Gasteiger partial charge in [0.25, 0.3) is 0 Å². The molecule has 3 heterocycles. The minimum Gasteiger partial charge on any atom is -0.378 e. The maximum atomic E-state index is 13.2. The van der Waals surface area contributed by atoms with Crippen molar-refractivity contribution in [1.29, 1.82) is 0 Å². The van der Waals surface area contributed by atoms with Gasteiger partial charge in [-0.2, -0.15) is 0 Å². The van der Waals surface area contributed by atoms with Crippen molar-refractivity contribution in [1.82, 2.24) is 37.0 Å². The Hall–Kier alpha value is -0.520. The van der Waals surface area contributed by atoms with Crippen molar-refractivity contribution in [3.05, 3.63) is 0 Å². The van der Waals surface area contributed by atoms with Gasteiger partial charge >= 0.3 is 0 Å². The lowest BCUT2D eigenvalue weighted by atomic mass is 9.78. The number of hydrazine groups is 1. The Balaban J connectivity index is 1.07. The summed E-state index contributed by atoms with van der Waals surface area (Å²) in [5.74, 6) is 0.778. The maximum absolute atomic E-state index is 13.2. The van der Waals surface area contributed by atoms with Crippen LogP contribution in [0.4, 0.5) is 0 Å². The third kappa shape index (κ3) is 5.89. The van der Waals surface area contributed by atoms with Crippen LogP contribution in [-0.2, 0) is 9.53 Å². The molecule has 5 aliphatic rings. The zero-order valence-electron chi connectivity index (χ0n) is 20.5. The number of nitrogens with one attached hydrogen (secondary N) is 6. The molecule has 1 amide bonds. The molecule has 3 aliphatic heterocycles. The normalized spacial score (nSPS) is 43.9. The highest BCUT2D eigenvalue weighted by atomic mass is 35.5. The van der Waals surface area contributed by atoms with E-state index in [9.17, 15) is 4.79 Å². The van der Waals surface area contributed by atoms with E-state index in [0.29, 0.717) is 18.0 Å². The van der Waals surface area contributed by atoms with Crippen molar-refractivity contribution in [2.45, 2.75) is 99.7 Å². The summed E-state index contributed by atoms with van der Waals surface area (Å²) >= 11 is 6.37. The van der Waals surface area contributed by atoms with E-state index in [1.165, 1.54) is 0 Å². The summed E-state index contributed by atoms with van der Waals surface area (Å²) in [6, 6.07) is 1.08. The first-order valence-electron chi connectivity index (χ1n) is 13.5. The monoisotopic (exact) mass is 497 g/mol. The van der Waals surface area contributed by atoms with Gasteiger partial charge in [0.2, 0.25) is 5.91 Å². The molecule has 3 saturated heterocycles. The second-order valence-electron chi connectivity index (χ2n) is 11.0. The molecule has 34 heavy (non-hydrogen) atoms. The van der Waals surface area contributed by atoms with Crippen LogP contribution in [0.15, 0.2) is 0 Å². The Labute approximate surface area is 209 Å². The van der Waals surface area contributed by atoms with Gasteiger partial charge in [0.1, 0.15) is 0 Å². The SMILES string of the molecule is CN1C(CNC2CCCC(C(=O)N[C@H]3CCOC4CC(Cl)CCC43)C2)NNC1C1CCNCN1. The molecule has 194 valence electrons. The molecule has 6 N–H and O–H groups in total. The summed E-state index contributed by atoms with van der Waals surface area (Å²) in [6.07, 6.45) is 9.97. The number of ether oxygens (including phenoxy) is 1. The molecule has 0 aromatic heterocycles. The van der Waals surface area contributed by atoms with Gasteiger partial charge in [-0.1, -0.05) is 6.42 Å². The van der Waals surface area contributed by atoms with Crippen LogP contribution < -0.4 is 32.1 Å². The highest BCUT2D eigenvalue weighted by molar-refractivity contribution is 6.20. The number of likely N-dealkylation sites (N-methyl/N-ethyl adjacent to an activating group) is 1. The van der Waals surface area contributed by atoms with Crippen LogP contribution in [0.25, 0.3) is 0 Å². The molecule has 0 aromatic carbocycles. The van der Waals surface area contributed by atoms with E-state index in [-0.39, 0.29) is 41.7 Å². The molecule has 2 saturated carbocycles. The van der Waals surface area contributed by atoms with Crippen LogP contribution in [0.3, 0.4) is 0 Å². The topological polar surface area (TPSA) is 102 Å². The molecular formula is C24H44ClN7O2. The summed E-state index contributed by atoms with van der Waals surface area (Å²) < 4.78 is 5.99. The summed E-state index contributed by atoms with van der Waals surface area (Å²) in [6.45, 7) is 3.52. The lowest BCUT2D eigenvalue weighted by Crippen LogP contribution is -2.58. The van der Waals surface area contributed by atoms with Crippen molar-refractivity contribution in [3.8, 4) is 0 Å². The molecule has 0 aromatic rings. The Morgan fingerprint density at radius 1 is 1.12 bits per heavy atom. The van der Waals surface area contributed by atoms with Gasteiger partial charge < -0.3 is 20.7 Å². The van der Waals surface area contributed by atoms with Crippen molar-refractivity contribution < 1.29 is 9.53 Å². The average Bonchev–Trinajstić information content (AvgIpc) is 3.23. The number of hydrogen-bond donors (Lipinski definition) is 6. The van der Waals surface area contributed by atoms with E-state index in [1.54, 1.807) is 0 Å². The molecule has 0 bridgehead atoms. The standard InChI is InChI=1S/C24H44ClN7O2/c1-32-22(30-31-23(32)20-7-9-26-14-28-20)13-27-17-4-2-3-15(11-17)24(33)29-19-8-10-34-21-12-16(25)5-6-18(19)21/h15-23,26-28,30-31H,2-14H2,1H3,(H,29,33)/t15?,16?,17?,18?,19-,20?,21?,22?,23?/m0/s1. The molecule has 5 rings (SSSR count). The van der Waals surface area contributed by atoms with E-state index in [0.717, 1.165) is 84.2 Å². The lowest BCUT2D eigenvalue weighted by molar-refractivity contribution is -0.130. The number of alkyl halides is 1. The van der Waals surface area contributed by atoms with Crippen molar-refractivity contribution in [2.75, 3.05) is 33.4 Å². The number of fused-ring (bicyclic) bond motifs is 1. The number of halogens is 1. The summed E-state index contributed by atoms with van der Waals surface area (Å²) in [5, 5.41) is 14.3. The molecule has 10 heteroatoms. The Bertz CT molecular complexity index is 682. The smallest absolute Gasteiger partial charge is 0.223 e. The number of nitrogens with zero attached hydrogens (tertiary/aromatic N) is 1. The highest BCUT2D eigenvalue weighted by Gasteiger charge is 2.40. The average molecular weight is 498 g/mol. The van der Waals surface area contributed by atoms with Crippen LogP contribution in [-0.4, -0.2) is 86.2 Å².